The lowest BCUT2D eigenvalue weighted by Gasteiger charge is -2.44. The Bertz CT molecular complexity index is 361. The Morgan fingerprint density at radius 1 is 1.35 bits per heavy atom. The Balaban J connectivity index is 2.05. The van der Waals surface area contributed by atoms with E-state index in [9.17, 15) is 0 Å². The third-order valence-electron chi connectivity index (χ3n) is 4.00. The van der Waals surface area contributed by atoms with E-state index >= 15 is 0 Å². The quantitative estimate of drug-likeness (QED) is 0.886. The highest BCUT2D eigenvalue weighted by Crippen LogP contribution is 2.26. The molecule has 1 atom stereocenters. The summed E-state index contributed by atoms with van der Waals surface area (Å²) in [5.74, 6) is 0. The summed E-state index contributed by atoms with van der Waals surface area (Å²) in [6, 6.07) is 4.59. The molecule has 0 radical (unpaired) electrons. The summed E-state index contributed by atoms with van der Waals surface area (Å²) in [5.41, 5.74) is 0.328. The van der Waals surface area contributed by atoms with E-state index in [1.165, 1.54) is 22.7 Å². The van der Waals surface area contributed by atoms with Gasteiger partial charge in [-0.3, -0.25) is 4.90 Å². The third kappa shape index (κ3) is 2.90. The van der Waals surface area contributed by atoms with Crippen LogP contribution >= 0.6 is 11.3 Å². The SMILES string of the molecule is CCc1ccc(CN2CCNCC2(C)CC)s1. The minimum atomic E-state index is 0.328. The molecule has 1 N–H and O–H groups in total. The second-order valence-corrected chi connectivity index (χ2v) is 6.42. The van der Waals surface area contributed by atoms with Crippen LogP contribution in [0, 0.1) is 0 Å². The minimum Gasteiger partial charge on any atom is -0.314 e. The summed E-state index contributed by atoms with van der Waals surface area (Å²) in [7, 11) is 0. The van der Waals surface area contributed by atoms with Crippen molar-refractivity contribution in [3.05, 3.63) is 21.9 Å². The van der Waals surface area contributed by atoms with Crippen LogP contribution in [0.2, 0.25) is 0 Å². The molecule has 1 saturated heterocycles. The fraction of sp³-hybridized carbons (Fsp3) is 0.714. The van der Waals surface area contributed by atoms with Gasteiger partial charge in [-0.15, -0.1) is 11.3 Å². The van der Waals surface area contributed by atoms with Gasteiger partial charge in [0.15, 0.2) is 0 Å². The minimum absolute atomic E-state index is 0.328. The third-order valence-corrected chi connectivity index (χ3v) is 5.22. The molecule has 96 valence electrons. The Morgan fingerprint density at radius 2 is 2.12 bits per heavy atom. The molecule has 1 aliphatic heterocycles. The monoisotopic (exact) mass is 252 g/mol. The van der Waals surface area contributed by atoms with Crippen molar-refractivity contribution in [3.8, 4) is 0 Å². The van der Waals surface area contributed by atoms with Crippen molar-refractivity contribution >= 4 is 11.3 Å². The van der Waals surface area contributed by atoms with E-state index in [0.29, 0.717) is 5.54 Å². The van der Waals surface area contributed by atoms with Gasteiger partial charge in [-0.25, -0.2) is 0 Å². The van der Waals surface area contributed by atoms with Gasteiger partial charge in [-0.2, -0.15) is 0 Å². The highest BCUT2D eigenvalue weighted by atomic mass is 32.1. The molecule has 0 amide bonds. The van der Waals surface area contributed by atoms with Crippen LogP contribution in [0.1, 0.15) is 36.9 Å². The lowest BCUT2D eigenvalue weighted by molar-refractivity contribution is 0.0648. The van der Waals surface area contributed by atoms with Gasteiger partial charge < -0.3 is 5.32 Å². The molecular weight excluding hydrogens is 228 g/mol. The molecule has 1 unspecified atom stereocenters. The van der Waals surface area contributed by atoms with E-state index in [2.05, 4.69) is 43.1 Å². The second-order valence-electron chi connectivity index (χ2n) is 5.17. The summed E-state index contributed by atoms with van der Waals surface area (Å²) >= 11 is 1.98. The number of hydrogen-bond acceptors (Lipinski definition) is 3. The van der Waals surface area contributed by atoms with Crippen molar-refractivity contribution in [3.63, 3.8) is 0 Å². The second kappa shape index (κ2) is 5.51. The molecule has 0 aromatic carbocycles. The molecule has 1 fully saturated rings. The van der Waals surface area contributed by atoms with Crippen LogP contribution in [0.4, 0.5) is 0 Å². The topological polar surface area (TPSA) is 15.3 Å². The predicted octanol–water partition coefficient (Wildman–Crippen LogP) is 2.88. The highest BCUT2D eigenvalue weighted by Gasteiger charge is 2.32. The first-order chi connectivity index (χ1) is 8.18. The van der Waals surface area contributed by atoms with Crippen molar-refractivity contribution in [1.82, 2.24) is 10.2 Å². The number of aryl methyl sites for hydroxylation is 1. The predicted molar refractivity (Wildman–Crippen MR) is 75.7 cm³/mol. The van der Waals surface area contributed by atoms with Crippen LogP contribution in [0.5, 0.6) is 0 Å². The van der Waals surface area contributed by atoms with Crippen molar-refractivity contribution < 1.29 is 0 Å². The zero-order valence-electron chi connectivity index (χ0n) is 11.3. The maximum absolute atomic E-state index is 3.52. The highest BCUT2D eigenvalue weighted by molar-refractivity contribution is 7.11. The van der Waals surface area contributed by atoms with Crippen LogP contribution < -0.4 is 5.32 Å². The molecule has 0 aliphatic carbocycles. The molecule has 0 saturated carbocycles. The Kier molecular flexibility index (Phi) is 4.23. The van der Waals surface area contributed by atoms with Gasteiger partial charge in [0, 0.05) is 41.5 Å². The van der Waals surface area contributed by atoms with E-state index in [4.69, 9.17) is 0 Å². The standard InChI is InChI=1S/C14H24N2S/c1-4-12-6-7-13(17-12)10-16-9-8-15-11-14(16,3)5-2/h6-7,15H,4-5,8-11H2,1-3H3. The van der Waals surface area contributed by atoms with E-state index in [0.717, 1.165) is 26.1 Å². The molecular formula is C14H24N2S. The number of piperazine rings is 1. The zero-order chi connectivity index (χ0) is 12.3. The fourth-order valence-electron chi connectivity index (χ4n) is 2.46. The van der Waals surface area contributed by atoms with Crippen molar-refractivity contribution in [2.45, 2.75) is 45.7 Å². The fourth-order valence-corrected chi connectivity index (χ4v) is 3.43. The van der Waals surface area contributed by atoms with E-state index in [-0.39, 0.29) is 0 Å². The lowest BCUT2D eigenvalue weighted by atomic mass is 9.94. The molecule has 2 heterocycles. The van der Waals surface area contributed by atoms with E-state index in [1.807, 2.05) is 11.3 Å². The average Bonchev–Trinajstić information content (AvgIpc) is 2.80. The number of nitrogens with zero attached hydrogens (tertiary/aromatic N) is 1. The summed E-state index contributed by atoms with van der Waals surface area (Å²) < 4.78 is 0. The van der Waals surface area contributed by atoms with Gasteiger partial charge in [-0.1, -0.05) is 13.8 Å². The summed E-state index contributed by atoms with van der Waals surface area (Å²) in [6.45, 7) is 11.5. The molecule has 1 aromatic rings. The number of nitrogens with one attached hydrogen (secondary N) is 1. The van der Waals surface area contributed by atoms with Crippen LogP contribution in [0.25, 0.3) is 0 Å². The molecule has 2 rings (SSSR count). The Morgan fingerprint density at radius 3 is 2.76 bits per heavy atom. The first-order valence-corrected chi connectivity index (χ1v) is 7.53. The van der Waals surface area contributed by atoms with Gasteiger partial charge in [0.05, 0.1) is 0 Å². The van der Waals surface area contributed by atoms with E-state index < -0.39 is 0 Å². The molecule has 0 bridgehead atoms. The van der Waals surface area contributed by atoms with Gasteiger partial charge in [0.25, 0.3) is 0 Å². The van der Waals surface area contributed by atoms with Gasteiger partial charge in [-0.05, 0) is 31.9 Å². The maximum atomic E-state index is 3.52. The molecule has 1 aliphatic rings. The Hall–Kier alpha value is -0.380. The van der Waals surface area contributed by atoms with Crippen LogP contribution in [-0.4, -0.2) is 30.1 Å². The van der Waals surface area contributed by atoms with Gasteiger partial charge in [0.1, 0.15) is 0 Å². The first kappa shape index (κ1) is 13.1. The largest absolute Gasteiger partial charge is 0.314 e. The lowest BCUT2D eigenvalue weighted by Crippen LogP contribution is -2.58. The van der Waals surface area contributed by atoms with Gasteiger partial charge in [0.2, 0.25) is 0 Å². The first-order valence-electron chi connectivity index (χ1n) is 6.71. The van der Waals surface area contributed by atoms with Crippen molar-refractivity contribution in [1.29, 1.82) is 0 Å². The average molecular weight is 252 g/mol. The van der Waals surface area contributed by atoms with Crippen LogP contribution in [0.15, 0.2) is 12.1 Å². The summed E-state index contributed by atoms with van der Waals surface area (Å²) in [5, 5.41) is 3.52. The van der Waals surface area contributed by atoms with Crippen LogP contribution in [-0.2, 0) is 13.0 Å². The van der Waals surface area contributed by atoms with E-state index in [1.54, 1.807) is 0 Å². The molecule has 17 heavy (non-hydrogen) atoms. The number of thiophene rings is 1. The van der Waals surface area contributed by atoms with Gasteiger partial charge >= 0.3 is 0 Å². The molecule has 2 nitrogen and oxygen atoms in total. The number of rotatable bonds is 4. The molecule has 3 heteroatoms. The van der Waals surface area contributed by atoms with Crippen molar-refractivity contribution in [2.24, 2.45) is 0 Å². The summed E-state index contributed by atoms with van der Waals surface area (Å²) in [6.07, 6.45) is 2.38. The number of hydrogen-bond donors (Lipinski definition) is 1. The molecule has 0 spiro atoms. The van der Waals surface area contributed by atoms with Crippen molar-refractivity contribution in [2.75, 3.05) is 19.6 Å². The normalized spacial score (nSPS) is 26.3. The Labute approximate surface area is 109 Å². The smallest absolute Gasteiger partial charge is 0.0334 e. The van der Waals surface area contributed by atoms with Crippen LogP contribution in [0.3, 0.4) is 0 Å². The maximum Gasteiger partial charge on any atom is 0.0334 e. The summed E-state index contributed by atoms with van der Waals surface area (Å²) in [4.78, 5) is 5.67. The molecule has 1 aromatic heterocycles. The zero-order valence-corrected chi connectivity index (χ0v) is 12.1.